The highest BCUT2D eigenvalue weighted by Gasteiger charge is 2.23. The average molecular weight is 182 g/mol. The summed E-state index contributed by atoms with van der Waals surface area (Å²) in [5.74, 6) is 0.389. The van der Waals surface area contributed by atoms with Gasteiger partial charge in [0.2, 0.25) is 0 Å². The molecule has 0 aliphatic heterocycles. The quantitative estimate of drug-likeness (QED) is 0.681. The van der Waals surface area contributed by atoms with Crippen LogP contribution in [0.2, 0.25) is 0 Å². The SMILES string of the molecule is C=C(CC1CCCCC1C)C(=O)O. The summed E-state index contributed by atoms with van der Waals surface area (Å²) in [4.78, 5) is 10.6. The summed E-state index contributed by atoms with van der Waals surface area (Å²) in [6.45, 7) is 5.80. The Bertz CT molecular complexity index is 208. The van der Waals surface area contributed by atoms with E-state index in [1.54, 1.807) is 0 Å². The second kappa shape index (κ2) is 4.45. The zero-order valence-corrected chi connectivity index (χ0v) is 8.25. The molecule has 2 atom stereocenters. The van der Waals surface area contributed by atoms with E-state index in [0.717, 1.165) is 0 Å². The maximum Gasteiger partial charge on any atom is 0.330 e. The first kappa shape index (κ1) is 10.3. The number of aliphatic carboxylic acids is 1. The lowest BCUT2D eigenvalue weighted by atomic mass is 9.77. The Morgan fingerprint density at radius 1 is 1.46 bits per heavy atom. The predicted molar refractivity (Wildman–Crippen MR) is 52.5 cm³/mol. The second-order valence-corrected chi connectivity index (χ2v) is 4.13. The van der Waals surface area contributed by atoms with Gasteiger partial charge in [-0.2, -0.15) is 0 Å². The molecule has 0 aromatic heterocycles. The fourth-order valence-electron chi connectivity index (χ4n) is 2.10. The molecule has 2 heteroatoms. The molecule has 0 aromatic rings. The summed E-state index contributed by atoms with van der Waals surface area (Å²) in [5, 5.41) is 8.70. The number of carboxylic acids is 1. The van der Waals surface area contributed by atoms with Gasteiger partial charge >= 0.3 is 5.97 Å². The van der Waals surface area contributed by atoms with Crippen LogP contribution in [0.15, 0.2) is 12.2 Å². The molecule has 0 radical (unpaired) electrons. The maximum absolute atomic E-state index is 10.6. The van der Waals surface area contributed by atoms with Gasteiger partial charge in [-0.1, -0.05) is 32.8 Å². The number of rotatable bonds is 3. The molecule has 13 heavy (non-hydrogen) atoms. The Balaban J connectivity index is 2.42. The zero-order chi connectivity index (χ0) is 9.84. The van der Waals surface area contributed by atoms with Crippen molar-refractivity contribution in [3.8, 4) is 0 Å². The monoisotopic (exact) mass is 182 g/mol. The van der Waals surface area contributed by atoms with Gasteiger partial charge in [0, 0.05) is 5.57 Å². The van der Waals surface area contributed by atoms with E-state index in [0.29, 0.717) is 23.8 Å². The molecule has 2 unspecified atom stereocenters. The van der Waals surface area contributed by atoms with Crippen molar-refractivity contribution < 1.29 is 9.90 Å². The van der Waals surface area contributed by atoms with Crippen LogP contribution in [0.25, 0.3) is 0 Å². The van der Waals surface area contributed by atoms with Crippen LogP contribution in [0.5, 0.6) is 0 Å². The summed E-state index contributed by atoms with van der Waals surface area (Å²) < 4.78 is 0. The minimum absolute atomic E-state index is 0.374. The normalized spacial score (nSPS) is 28.4. The predicted octanol–water partition coefficient (Wildman–Crippen LogP) is 2.84. The molecule has 0 aromatic carbocycles. The highest BCUT2D eigenvalue weighted by molar-refractivity contribution is 5.85. The van der Waals surface area contributed by atoms with Crippen molar-refractivity contribution in [2.45, 2.75) is 39.0 Å². The Morgan fingerprint density at radius 3 is 2.62 bits per heavy atom. The average Bonchev–Trinajstić information content (AvgIpc) is 2.08. The van der Waals surface area contributed by atoms with Gasteiger partial charge in [-0.15, -0.1) is 0 Å². The number of hydrogen-bond acceptors (Lipinski definition) is 1. The number of carbonyl (C=O) groups is 1. The van der Waals surface area contributed by atoms with E-state index < -0.39 is 5.97 Å². The fraction of sp³-hybridized carbons (Fsp3) is 0.727. The second-order valence-electron chi connectivity index (χ2n) is 4.13. The third-order valence-corrected chi connectivity index (χ3v) is 3.10. The van der Waals surface area contributed by atoms with Crippen molar-refractivity contribution in [2.24, 2.45) is 11.8 Å². The first-order valence-corrected chi connectivity index (χ1v) is 5.02. The lowest BCUT2D eigenvalue weighted by molar-refractivity contribution is -0.132. The molecule has 1 N–H and O–H groups in total. The minimum atomic E-state index is -0.835. The van der Waals surface area contributed by atoms with Gasteiger partial charge in [0.25, 0.3) is 0 Å². The van der Waals surface area contributed by atoms with Crippen LogP contribution in [-0.4, -0.2) is 11.1 Å². The van der Waals surface area contributed by atoms with Crippen LogP contribution in [0.4, 0.5) is 0 Å². The molecule has 0 saturated heterocycles. The molecule has 1 fully saturated rings. The van der Waals surface area contributed by atoms with Crippen molar-refractivity contribution in [3.05, 3.63) is 12.2 Å². The number of hydrogen-bond donors (Lipinski definition) is 1. The Morgan fingerprint density at radius 2 is 2.08 bits per heavy atom. The van der Waals surface area contributed by atoms with Crippen LogP contribution in [0, 0.1) is 11.8 Å². The Hall–Kier alpha value is -0.790. The lowest BCUT2D eigenvalue weighted by Crippen LogP contribution is -2.18. The van der Waals surface area contributed by atoms with Crippen molar-refractivity contribution in [1.82, 2.24) is 0 Å². The largest absolute Gasteiger partial charge is 0.478 e. The standard InChI is InChI=1S/C11H18O2/c1-8-5-3-4-6-10(8)7-9(2)11(12)13/h8,10H,2-7H2,1H3,(H,12,13). The molecule has 0 bridgehead atoms. The highest BCUT2D eigenvalue weighted by Crippen LogP contribution is 2.33. The molecule has 0 heterocycles. The molecular weight excluding hydrogens is 164 g/mol. The molecule has 74 valence electrons. The topological polar surface area (TPSA) is 37.3 Å². The first-order valence-electron chi connectivity index (χ1n) is 5.02. The van der Waals surface area contributed by atoms with Crippen LogP contribution < -0.4 is 0 Å². The van der Waals surface area contributed by atoms with Gasteiger partial charge in [-0.3, -0.25) is 0 Å². The maximum atomic E-state index is 10.6. The summed E-state index contributed by atoms with van der Waals surface area (Å²) in [7, 11) is 0. The highest BCUT2D eigenvalue weighted by atomic mass is 16.4. The van der Waals surface area contributed by atoms with Gasteiger partial charge in [0.1, 0.15) is 0 Å². The van der Waals surface area contributed by atoms with Crippen molar-refractivity contribution in [2.75, 3.05) is 0 Å². The zero-order valence-electron chi connectivity index (χ0n) is 8.25. The summed E-state index contributed by atoms with van der Waals surface area (Å²) in [6.07, 6.45) is 5.65. The molecule has 0 spiro atoms. The van der Waals surface area contributed by atoms with E-state index in [1.807, 2.05) is 0 Å². The van der Waals surface area contributed by atoms with Crippen molar-refractivity contribution >= 4 is 5.97 Å². The number of carboxylic acid groups (broad SMARTS) is 1. The third-order valence-electron chi connectivity index (χ3n) is 3.10. The van der Waals surface area contributed by atoms with Crippen molar-refractivity contribution in [3.63, 3.8) is 0 Å². The molecule has 1 aliphatic rings. The lowest BCUT2D eigenvalue weighted by Gasteiger charge is -2.28. The van der Waals surface area contributed by atoms with Gasteiger partial charge in [-0.05, 0) is 24.7 Å². The molecule has 1 rings (SSSR count). The van der Waals surface area contributed by atoms with Crippen LogP contribution in [-0.2, 0) is 4.79 Å². The summed E-state index contributed by atoms with van der Waals surface area (Å²) in [6, 6.07) is 0. The van der Waals surface area contributed by atoms with E-state index in [-0.39, 0.29) is 0 Å². The van der Waals surface area contributed by atoms with E-state index in [9.17, 15) is 4.79 Å². The molecule has 2 nitrogen and oxygen atoms in total. The Kier molecular flexibility index (Phi) is 3.52. The molecular formula is C11H18O2. The van der Waals surface area contributed by atoms with E-state index in [2.05, 4.69) is 13.5 Å². The minimum Gasteiger partial charge on any atom is -0.478 e. The smallest absolute Gasteiger partial charge is 0.330 e. The third kappa shape index (κ3) is 2.87. The van der Waals surface area contributed by atoms with Gasteiger partial charge < -0.3 is 5.11 Å². The summed E-state index contributed by atoms with van der Waals surface area (Å²) >= 11 is 0. The van der Waals surface area contributed by atoms with E-state index in [1.165, 1.54) is 25.7 Å². The van der Waals surface area contributed by atoms with Crippen molar-refractivity contribution in [1.29, 1.82) is 0 Å². The van der Waals surface area contributed by atoms with Crippen LogP contribution >= 0.6 is 0 Å². The first-order chi connectivity index (χ1) is 6.11. The summed E-state index contributed by atoms with van der Waals surface area (Å²) in [5.41, 5.74) is 0.374. The van der Waals surface area contributed by atoms with Gasteiger partial charge in [0.15, 0.2) is 0 Å². The molecule has 1 saturated carbocycles. The van der Waals surface area contributed by atoms with E-state index >= 15 is 0 Å². The van der Waals surface area contributed by atoms with Gasteiger partial charge in [0.05, 0.1) is 0 Å². The van der Waals surface area contributed by atoms with Crippen LogP contribution in [0.3, 0.4) is 0 Å². The fourth-order valence-corrected chi connectivity index (χ4v) is 2.10. The molecule has 0 amide bonds. The molecule has 1 aliphatic carbocycles. The van der Waals surface area contributed by atoms with E-state index in [4.69, 9.17) is 5.11 Å². The Labute approximate surface area is 79.6 Å². The van der Waals surface area contributed by atoms with Gasteiger partial charge in [-0.25, -0.2) is 4.79 Å². The van der Waals surface area contributed by atoms with Crippen LogP contribution in [0.1, 0.15) is 39.0 Å².